The minimum Gasteiger partial charge on any atom is -0.342 e. The molecular formula is C15H27N3O2. The Hall–Kier alpha value is -1.10. The van der Waals surface area contributed by atoms with Gasteiger partial charge in [0.05, 0.1) is 6.54 Å². The Morgan fingerprint density at radius 1 is 1.00 bits per heavy atom. The molecule has 0 radical (unpaired) electrons. The van der Waals surface area contributed by atoms with Crippen molar-refractivity contribution in [2.24, 2.45) is 0 Å². The van der Waals surface area contributed by atoms with E-state index >= 15 is 0 Å². The molecule has 0 aromatic rings. The minimum atomic E-state index is 0.142. The van der Waals surface area contributed by atoms with Crippen molar-refractivity contribution >= 4 is 11.8 Å². The maximum Gasteiger partial charge on any atom is 0.236 e. The topological polar surface area (TPSA) is 43.9 Å². The van der Waals surface area contributed by atoms with Crippen LogP contribution in [-0.4, -0.2) is 71.8 Å². The molecule has 2 aliphatic rings. The van der Waals surface area contributed by atoms with Crippen LogP contribution >= 0.6 is 0 Å². The Labute approximate surface area is 121 Å². The van der Waals surface area contributed by atoms with Crippen LogP contribution in [0.2, 0.25) is 0 Å². The summed E-state index contributed by atoms with van der Waals surface area (Å²) in [7, 11) is 0. The molecular weight excluding hydrogens is 254 g/mol. The van der Waals surface area contributed by atoms with Crippen molar-refractivity contribution in [1.29, 1.82) is 0 Å². The zero-order valence-corrected chi connectivity index (χ0v) is 12.8. The number of likely N-dealkylation sites (tertiary alicyclic amines) is 1. The van der Waals surface area contributed by atoms with Gasteiger partial charge in [-0.2, -0.15) is 0 Å². The number of carbonyl (C=O) groups excluding carboxylic acids is 2. The molecule has 0 saturated carbocycles. The molecule has 20 heavy (non-hydrogen) atoms. The molecule has 0 aromatic carbocycles. The molecule has 1 atom stereocenters. The smallest absolute Gasteiger partial charge is 0.236 e. The first-order valence-electron chi connectivity index (χ1n) is 7.85. The fourth-order valence-corrected chi connectivity index (χ4v) is 3.19. The maximum absolute atomic E-state index is 12.4. The summed E-state index contributed by atoms with van der Waals surface area (Å²) in [5.74, 6) is 0.399. The summed E-state index contributed by atoms with van der Waals surface area (Å²) in [6.45, 7) is 8.49. The summed E-state index contributed by atoms with van der Waals surface area (Å²) in [6, 6.07) is 0.386. The molecule has 1 unspecified atom stereocenters. The van der Waals surface area contributed by atoms with Crippen LogP contribution in [0.5, 0.6) is 0 Å². The molecule has 2 amide bonds. The van der Waals surface area contributed by atoms with Crippen molar-refractivity contribution < 1.29 is 9.59 Å². The average Bonchev–Trinajstić information content (AvgIpc) is 2.65. The number of hydrogen-bond donors (Lipinski definition) is 0. The van der Waals surface area contributed by atoms with Gasteiger partial charge in [0, 0.05) is 45.7 Å². The van der Waals surface area contributed by atoms with E-state index in [9.17, 15) is 9.59 Å². The number of hydrogen-bond acceptors (Lipinski definition) is 3. The van der Waals surface area contributed by atoms with Crippen LogP contribution in [0.15, 0.2) is 0 Å². The third-order valence-corrected chi connectivity index (χ3v) is 4.52. The van der Waals surface area contributed by atoms with Gasteiger partial charge in [-0.15, -0.1) is 0 Å². The highest BCUT2D eigenvalue weighted by atomic mass is 16.2. The van der Waals surface area contributed by atoms with Gasteiger partial charge >= 0.3 is 0 Å². The number of nitrogens with zero attached hydrogens (tertiary/aromatic N) is 3. The lowest BCUT2D eigenvalue weighted by Gasteiger charge is -2.35. The van der Waals surface area contributed by atoms with Crippen LogP contribution in [0.25, 0.3) is 0 Å². The number of carbonyl (C=O) groups is 2. The number of rotatable bonds is 2. The molecule has 2 fully saturated rings. The highest BCUT2D eigenvalue weighted by molar-refractivity contribution is 5.78. The third-order valence-electron chi connectivity index (χ3n) is 4.52. The highest BCUT2D eigenvalue weighted by Crippen LogP contribution is 2.17. The van der Waals surface area contributed by atoms with E-state index < -0.39 is 0 Å². The molecule has 5 heteroatoms. The normalized spacial score (nSPS) is 25.4. The zero-order valence-electron chi connectivity index (χ0n) is 12.8. The van der Waals surface area contributed by atoms with Crippen LogP contribution in [0.1, 0.15) is 39.5 Å². The summed E-state index contributed by atoms with van der Waals surface area (Å²) < 4.78 is 0. The lowest BCUT2D eigenvalue weighted by Crippen LogP contribution is -2.47. The summed E-state index contributed by atoms with van der Waals surface area (Å²) in [5.41, 5.74) is 0. The van der Waals surface area contributed by atoms with Crippen molar-refractivity contribution in [2.75, 3.05) is 39.3 Å². The van der Waals surface area contributed by atoms with Gasteiger partial charge in [-0.05, 0) is 32.6 Å². The average molecular weight is 281 g/mol. The van der Waals surface area contributed by atoms with E-state index in [2.05, 4.69) is 11.8 Å². The maximum atomic E-state index is 12.4. The predicted octanol–water partition coefficient (Wildman–Crippen LogP) is 0.942. The Balaban J connectivity index is 1.83. The van der Waals surface area contributed by atoms with Crippen molar-refractivity contribution in [2.45, 2.75) is 45.6 Å². The number of piperidine rings is 1. The summed E-state index contributed by atoms with van der Waals surface area (Å²) >= 11 is 0. The van der Waals surface area contributed by atoms with Gasteiger partial charge in [0.1, 0.15) is 0 Å². The lowest BCUT2D eigenvalue weighted by atomic mass is 10.0. The predicted molar refractivity (Wildman–Crippen MR) is 78.3 cm³/mol. The SMILES string of the molecule is CC(=O)N1CCCN(CC(=O)N2CCCCC2C)CC1. The highest BCUT2D eigenvalue weighted by Gasteiger charge is 2.25. The first-order valence-corrected chi connectivity index (χ1v) is 7.85. The molecule has 0 bridgehead atoms. The van der Waals surface area contributed by atoms with E-state index in [-0.39, 0.29) is 11.8 Å². The van der Waals surface area contributed by atoms with Crippen molar-refractivity contribution in [3.63, 3.8) is 0 Å². The van der Waals surface area contributed by atoms with Gasteiger partial charge < -0.3 is 9.80 Å². The molecule has 2 saturated heterocycles. The molecule has 0 spiro atoms. The summed E-state index contributed by atoms with van der Waals surface area (Å²) in [4.78, 5) is 29.9. The Kier molecular flexibility index (Phi) is 5.40. The Morgan fingerprint density at radius 2 is 1.80 bits per heavy atom. The fraction of sp³-hybridized carbons (Fsp3) is 0.867. The van der Waals surface area contributed by atoms with Gasteiger partial charge in [-0.3, -0.25) is 14.5 Å². The second kappa shape index (κ2) is 7.07. The summed E-state index contributed by atoms with van der Waals surface area (Å²) in [6.07, 6.45) is 4.46. The van der Waals surface area contributed by atoms with Gasteiger partial charge in [0.2, 0.25) is 11.8 Å². The van der Waals surface area contributed by atoms with E-state index in [4.69, 9.17) is 0 Å². The zero-order chi connectivity index (χ0) is 14.5. The monoisotopic (exact) mass is 281 g/mol. The molecule has 5 nitrogen and oxygen atoms in total. The van der Waals surface area contributed by atoms with Crippen LogP contribution < -0.4 is 0 Å². The van der Waals surface area contributed by atoms with Crippen molar-refractivity contribution in [3.8, 4) is 0 Å². The van der Waals surface area contributed by atoms with E-state index in [1.54, 1.807) is 6.92 Å². The lowest BCUT2D eigenvalue weighted by molar-refractivity contribution is -0.135. The molecule has 2 aliphatic heterocycles. The minimum absolute atomic E-state index is 0.142. The van der Waals surface area contributed by atoms with E-state index in [0.29, 0.717) is 12.6 Å². The van der Waals surface area contributed by atoms with Crippen LogP contribution in [0.3, 0.4) is 0 Å². The van der Waals surface area contributed by atoms with Crippen molar-refractivity contribution in [3.05, 3.63) is 0 Å². The molecule has 2 rings (SSSR count). The fourth-order valence-electron chi connectivity index (χ4n) is 3.19. The van der Waals surface area contributed by atoms with Gasteiger partial charge in [0.15, 0.2) is 0 Å². The van der Waals surface area contributed by atoms with E-state index in [0.717, 1.165) is 52.0 Å². The van der Waals surface area contributed by atoms with Gasteiger partial charge in [-0.25, -0.2) is 0 Å². The largest absolute Gasteiger partial charge is 0.342 e. The van der Waals surface area contributed by atoms with Crippen LogP contribution in [-0.2, 0) is 9.59 Å². The third kappa shape index (κ3) is 3.95. The number of amides is 2. The first-order chi connectivity index (χ1) is 9.58. The Morgan fingerprint density at radius 3 is 2.50 bits per heavy atom. The van der Waals surface area contributed by atoms with Gasteiger partial charge in [0.25, 0.3) is 0 Å². The standard InChI is InChI=1S/C15H27N3O2/c1-13-6-3-4-9-18(13)15(20)12-16-7-5-8-17(11-10-16)14(2)19/h13H,3-12H2,1-2H3. The second-order valence-corrected chi connectivity index (χ2v) is 6.07. The van der Waals surface area contributed by atoms with Crippen LogP contribution in [0.4, 0.5) is 0 Å². The first kappa shape index (κ1) is 15.3. The molecule has 0 aliphatic carbocycles. The molecule has 0 aromatic heterocycles. The molecule has 0 N–H and O–H groups in total. The Bertz CT molecular complexity index is 359. The molecule has 2 heterocycles. The second-order valence-electron chi connectivity index (χ2n) is 6.07. The van der Waals surface area contributed by atoms with E-state index in [1.807, 2.05) is 9.80 Å². The quantitative estimate of drug-likeness (QED) is 0.757. The van der Waals surface area contributed by atoms with Crippen molar-refractivity contribution in [1.82, 2.24) is 14.7 Å². The van der Waals surface area contributed by atoms with Gasteiger partial charge in [-0.1, -0.05) is 0 Å². The van der Waals surface area contributed by atoms with E-state index in [1.165, 1.54) is 6.42 Å². The van der Waals surface area contributed by atoms with Crippen LogP contribution in [0, 0.1) is 0 Å². The molecule has 114 valence electrons. The summed E-state index contributed by atoms with van der Waals surface area (Å²) in [5, 5.41) is 0.